The van der Waals surface area contributed by atoms with Crippen molar-refractivity contribution in [3.05, 3.63) is 69.7 Å². The highest BCUT2D eigenvalue weighted by atomic mass is 35.5. The summed E-state index contributed by atoms with van der Waals surface area (Å²) in [6, 6.07) is 13.5. The Morgan fingerprint density at radius 3 is 2.39 bits per heavy atom. The van der Waals surface area contributed by atoms with Crippen LogP contribution in [0.5, 0.6) is 5.75 Å². The molecular weight excluding hydrogens is 752 g/mol. The summed E-state index contributed by atoms with van der Waals surface area (Å²) in [6.07, 6.45) is 6.29. The van der Waals surface area contributed by atoms with Crippen LogP contribution in [0.1, 0.15) is 50.1 Å². The van der Waals surface area contributed by atoms with Crippen LogP contribution in [-0.4, -0.2) is 94.1 Å². The minimum atomic E-state index is -0.424. The molecule has 3 aromatic heterocycles. The highest BCUT2D eigenvalue weighted by Gasteiger charge is 2.32. The van der Waals surface area contributed by atoms with Gasteiger partial charge >= 0.3 is 0 Å². The van der Waals surface area contributed by atoms with Crippen LogP contribution in [0.15, 0.2) is 53.5 Å². The fourth-order valence-corrected chi connectivity index (χ4v) is 8.12. The molecule has 3 aliphatic rings. The second kappa shape index (κ2) is 16.0. The summed E-state index contributed by atoms with van der Waals surface area (Å²) in [5, 5.41) is 15.0. The molecule has 0 aliphatic carbocycles. The molecule has 17 heteroatoms. The van der Waals surface area contributed by atoms with Gasteiger partial charge in [0.15, 0.2) is 18.2 Å². The number of likely N-dealkylation sites (N-methyl/N-ethyl adjacent to an activating group) is 1. The highest BCUT2D eigenvalue weighted by molar-refractivity contribution is 6.33. The van der Waals surface area contributed by atoms with Crippen LogP contribution in [0.2, 0.25) is 5.02 Å². The van der Waals surface area contributed by atoms with Gasteiger partial charge in [-0.15, -0.1) is 0 Å². The Hall–Kier alpha value is -5.74. The summed E-state index contributed by atoms with van der Waals surface area (Å²) in [5.74, 6) is -0.142. The summed E-state index contributed by atoms with van der Waals surface area (Å²) in [7, 11) is 5.06. The lowest BCUT2D eigenvalue weighted by molar-refractivity contribution is -0.134. The minimum Gasteiger partial charge on any atom is -0.478 e. The number of aryl methyl sites for hydroxylation is 2. The van der Waals surface area contributed by atoms with Gasteiger partial charge in [0.05, 0.1) is 41.1 Å². The molecule has 8 rings (SSSR count). The van der Waals surface area contributed by atoms with Gasteiger partial charge in [0.2, 0.25) is 17.8 Å². The van der Waals surface area contributed by atoms with Gasteiger partial charge in [-0.3, -0.25) is 29.2 Å². The van der Waals surface area contributed by atoms with Crippen LogP contribution in [0, 0.1) is 0 Å². The topological polar surface area (TPSA) is 178 Å². The number of carbonyl (C=O) groups excluding carboxylic acids is 3. The van der Waals surface area contributed by atoms with Crippen molar-refractivity contribution in [1.29, 1.82) is 0 Å². The number of ether oxygens (including phenoxy) is 2. The van der Waals surface area contributed by atoms with Gasteiger partial charge in [-0.2, -0.15) is 10.1 Å². The number of anilines is 4. The van der Waals surface area contributed by atoms with E-state index in [-0.39, 0.29) is 47.8 Å². The number of pyridine rings is 1. The Kier molecular flexibility index (Phi) is 10.7. The molecule has 3 aliphatic heterocycles. The number of nitrogens with zero attached hydrogens (tertiary/aromatic N) is 7. The van der Waals surface area contributed by atoms with Gasteiger partial charge in [0, 0.05) is 75.9 Å². The quantitative estimate of drug-likeness (QED) is 0.174. The van der Waals surface area contributed by atoms with Crippen molar-refractivity contribution in [3.63, 3.8) is 0 Å². The van der Waals surface area contributed by atoms with Crippen LogP contribution >= 0.6 is 11.6 Å². The van der Waals surface area contributed by atoms with Crippen LogP contribution in [0.4, 0.5) is 23.1 Å². The SMILES string of the molecule is CNC(=O)COc1cc2cc(Nc3nc(N4CCC(OC5CCN(c6ccc7c(C8CCC(=O)NC8=O)nn(C)c7c6)CC5)CC4)ncc3Cl)ccc2n(C)c1=O. The van der Waals surface area contributed by atoms with Gasteiger partial charge < -0.3 is 34.5 Å². The molecule has 2 aromatic carbocycles. The largest absolute Gasteiger partial charge is 0.478 e. The van der Waals surface area contributed by atoms with Crippen LogP contribution < -0.4 is 36.0 Å². The summed E-state index contributed by atoms with van der Waals surface area (Å²) in [5.41, 5.74) is 3.88. The molecular formula is C40H45ClN10O6. The van der Waals surface area contributed by atoms with Crippen molar-refractivity contribution in [2.24, 2.45) is 14.1 Å². The lowest BCUT2D eigenvalue weighted by atomic mass is 9.92. The van der Waals surface area contributed by atoms with E-state index in [0.29, 0.717) is 40.8 Å². The van der Waals surface area contributed by atoms with E-state index < -0.39 is 5.92 Å². The predicted octanol–water partition coefficient (Wildman–Crippen LogP) is 3.91. The molecule has 6 heterocycles. The molecule has 3 amide bonds. The van der Waals surface area contributed by atoms with Gasteiger partial charge in [-0.05, 0) is 74.6 Å². The third-order valence-corrected chi connectivity index (χ3v) is 11.4. The molecule has 0 spiro atoms. The van der Waals surface area contributed by atoms with E-state index in [0.717, 1.165) is 79.5 Å². The number of hydrogen-bond acceptors (Lipinski definition) is 12. The zero-order valence-corrected chi connectivity index (χ0v) is 32.8. The predicted molar refractivity (Wildman–Crippen MR) is 216 cm³/mol. The van der Waals surface area contributed by atoms with Crippen molar-refractivity contribution in [3.8, 4) is 5.75 Å². The third-order valence-electron chi connectivity index (χ3n) is 11.2. The molecule has 0 radical (unpaired) electrons. The number of carbonyl (C=O) groups is 3. The maximum atomic E-state index is 12.8. The van der Waals surface area contributed by atoms with Crippen molar-refractivity contribution in [2.75, 3.05) is 55.0 Å². The van der Waals surface area contributed by atoms with Crippen molar-refractivity contribution < 1.29 is 23.9 Å². The van der Waals surface area contributed by atoms with Gasteiger partial charge in [-0.1, -0.05) is 11.6 Å². The van der Waals surface area contributed by atoms with E-state index in [1.54, 1.807) is 19.3 Å². The number of benzene rings is 2. The fraction of sp³-hybridized carbons (Fsp3) is 0.425. The Morgan fingerprint density at radius 2 is 1.67 bits per heavy atom. The Labute approximate surface area is 333 Å². The summed E-state index contributed by atoms with van der Waals surface area (Å²) in [4.78, 5) is 62.6. The molecule has 1 atom stereocenters. The standard InChI is InChI=1S/C40H45ClN10O6/c1-42-35(53)22-56-33-19-23-18-24(4-8-31(23)48(2)39(33)55)44-37-30(41)21-43-40(46-37)51-16-12-27(13-17-51)57-26-10-14-50(15-11-26)25-5-6-28-32(20-25)49(3)47-36(28)29-7-9-34(52)45-38(29)54/h4-6,8,18-21,26-27,29H,7,9-17,22H2,1-3H3,(H,42,53)(H,43,44,46)(H,45,52,54). The van der Waals surface area contributed by atoms with Gasteiger partial charge in [0.25, 0.3) is 11.5 Å². The van der Waals surface area contributed by atoms with E-state index in [4.69, 9.17) is 31.2 Å². The number of fused-ring (bicyclic) bond motifs is 2. The summed E-state index contributed by atoms with van der Waals surface area (Å²) < 4.78 is 15.5. The summed E-state index contributed by atoms with van der Waals surface area (Å²) >= 11 is 6.55. The Balaban J connectivity index is 0.850. The summed E-state index contributed by atoms with van der Waals surface area (Å²) in [6.45, 7) is 2.99. The van der Waals surface area contributed by atoms with E-state index in [1.165, 1.54) is 11.6 Å². The van der Waals surface area contributed by atoms with Crippen molar-refractivity contribution in [1.82, 2.24) is 34.9 Å². The minimum absolute atomic E-state index is 0.0783. The normalized spacial score (nSPS) is 18.3. The van der Waals surface area contributed by atoms with Crippen LogP contribution in [0.3, 0.4) is 0 Å². The number of halogens is 1. The van der Waals surface area contributed by atoms with Crippen LogP contribution in [-0.2, 0) is 33.2 Å². The first-order valence-electron chi connectivity index (χ1n) is 19.3. The fourth-order valence-electron chi connectivity index (χ4n) is 7.98. The second-order valence-electron chi connectivity index (χ2n) is 14.8. The average molecular weight is 797 g/mol. The van der Waals surface area contributed by atoms with E-state index >= 15 is 0 Å². The number of imide groups is 1. The third kappa shape index (κ3) is 7.96. The molecule has 3 N–H and O–H groups in total. The zero-order chi connectivity index (χ0) is 39.8. The molecule has 57 heavy (non-hydrogen) atoms. The number of amides is 3. The lowest BCUT2D eigenvalue weighted by Gasteiger charge is -2.38. The van der Waals surface area contributed by atoms with Gasteiger partial charge in [-0.25, -0.2) is 4.98 Å². The lowest BCUT2D eigenvalue weighted by Crippen LogP contribution is -2.42. The maximum Gasteiger partial charge on any atom is 0.293 e. The first-order chi connectivity index (χ1) is 27.5. The number of nitrogens with one attached hydrogen (secondary N) is 3. The zero-order valence-electron chi connectivity index (χ0n) is 32.1. The molecule has 3 saturated heterocycles. The second-order valence-corrected chi connectivity index (χ2v) is 15.2. The number of piperidine rings is 3. The Bertz CT molecular complexity index is 2420. The molecule has 3 fully saturated rings. The van der Waals surface area contributed by atoms with Gasteiger partial charge in [0.1, 0.15) is 5.02 Å². The molecule has 0 saturated carbocycles. The number of aromatic nitrogens is 5. The molecule has 0 bridgehead atoms. The van der Waals surface area contributed by atoms with Crippen molar-refractivity contribution in [2.45, 2.75) is 56.7 Å². The first-order valence-corrected chi connectivity index (χ1v) is 19.6. The number of rotatable bonds is 10. The van der Waals surface area contributed by atoms with E-state index in [1.807, 2.05) is 29.9 Å². The van der Waals surface area contributed by atoms with Crippen LogP contribution in [0.25, 0.3) is 21.8 Å². The van der Waals surface area contributed by atoms with Crippen molar-refractivity contribution >= 4 is 74.3 Å². The van der Waals surface area contributed by atoms with E-state index in [9.17, 15) is 19.2 Å². The molecule has 16 nitrogen and oxygen atoms in total. The Morgan fingerprint density at radius 1 is 0.930 bits per heavy atom. The highest BCUT2D eigenvalue weighted by Crippen LogP contribution is 2.34. The van der Waals surface area contributed by atoms with E-state index in [2.05, 4.69) is 48.9 Å². The maximum absolute atomic E-state index is 12.8. The first kappa shape index (κ1) is 38.1. The average Bonchev–Trinajstić information content (AvgIpc) is 3.54. The molecule has 5 aromatic rings. The smallest absolute Gasteiger partial charge is 0.293 e. The molecule has 1 unspecified atom stereocenters. The number of hydrogen-bond donors (Lipinski definition) is 3. The monoisotopic (exact) mass is 796 g/mol. The molecule has 298 valence electrons.